The van der Waals surface area contributed by atoms with Crippen LogP contribution in [-0.4, -0.2) is 271 Å². The molecule has 0 aromatic carbocycles. The van der Waals surface area contributed by atoms with Gasteiger partial charge in [0, 0.05) is 122 Å². The topological polar surface area (TPSA) is 306 Å². The molecule has 0 aromatic rings. The van der Waals surface area contributed by atoms with Crippen molar-refractivity contribution in [1.29, 1.82) is 0 Å². The predicted molar refractivity (Wildman–Crippen MR) is 428 cm³/mol. The summed E-state index contributed by atoms with van der Waals surface area (Å²) in [5.74, 6) is 0.216. The quantitative estimate of drug-likeness (QED) is 0.0437. The summed E-state index contributed by atoms with van der Waals surface area (Å²) in [5, 5.41) is 0. The number of fused-ring (bicyclic) bond motifs is 4. The summed E-state index contributed by atoms with van der Waals surface area (Å²) in [7, 11) is -79.2. The van der Waals surface area contributed by atoms with Gasteiger partial charge in [0.25, 0.3) is 0 Å². The number of halogens is 2. The van der Waals surface area contributed by atoms with Crippen LogP contribution in [0.4, 0.5) is 0 Å². The number of hydrogen-bond acceptors (Lipinski definition) is 32. The normalized spacial score (nSPS) is 27.5. The molecule has 4 rings (SSSR count). The molecular weight excluding hydrogens is 1720 g/mol. The van der Waals surface area contributed by atoms with E-state index in [4.69, 9.17) is 155 Å². The number of hydrogen-bond donors (Lipinski definition) is 1. The first-order chi connectivity index (χ1) is 48.0. The van der Waals surface area contributed by atoms with Gasteiger partial charge in [0.2, 0.25) is 0 Å². The van der Waals surface area contributed by atoms with E-state index in [1.807, 2.05) is 168 Å². The Labute approximate surface area is 649 Å². The second-order valence-corrected chi connectivity index (χ2v) is 87.5. The first-order valence-corrected chi connectivity index (χ1v) is 78.9. The Morgan fingerprint density at radius 3 is 0.738 bits per heavy atom. The molecule has 0 radical (unpaired) electrons. The van der Waals surface area contributed by atoms with Crippen LogP contribution in [0.1, 0.15) is 83.1 Å². The third-order valence-corrected chi connectivity index (χ3v) is 83.7. The van der Waals surface area contributed by atoms with Gasteiger partial charge in [-0.1, -0.05) is 6.55 Å². The van der Waals surface area contributed by atoms with Gasteiger partial charge in [-0.05, 0) is 198 Å². The average molecular weight is 1850 g/mol. The fourth-order valence-corrected chi connectivity index (χ4v) is 93.8. The largest absolute Gasteiger partial charge is 0.660 e. The van der Waals surface area contributed by atoms with Gasteiger partial charge in [0.15, 0.2) is 49.9 Å². The molecule has 0 aromatic heterocycles. The second-order valence-electron chi connectivity index (χ2n) is 27.6. The Morgan fingerprint density at radius 1 is 0.301 bits per heavy atom. The summed E-state index contributed by atoms with van der Waals surface area (Å²) < 4.78 is 222. The highest BCUT2D eigenvalue weighted by Crippen LogP contribution is 2.50. The molecule has 0 aliphatic carbocycles. The van der Waals surface area contributed by atoms with Crippen molar-refractivity contribution in [3.05, 3.63) is 0 Å². The van der Waals surface area contributed by atoms with E-state index in [0.29, 0.717) is 59.5 Å². The lowest BCUT2D eigenvalue weighted by Gasteiger charge is -2.57. The van der Waals surface area contributed by atoms with Crippen LogP contribution in [0.5, 0.6) is 0 Å². The zero-order valence-corrected chi connectivity index (χ0v) is 87.7. The summed E-state index contributed by atoms with van der Waals surface area (Å²) >= 11 is 13.4. The maximum Gasteiger partial charge on any atom is 0.660 e. The van der Waals surface area contributed by atoms with E-state index >= 15 is 0 Å². The first kappa shape index (κ1) is 98.8. The minimum Gasteiger partial charge on any atom is -0.425 e. The van der Waals surface area contributed by atoms with Crippen molar-refractivity contribution in [3.8, 4) is 0 Å². The molecule has 6 bridgehead atoms. The maximum atomic E-state index is 14.3. The molecule has 4 saturated heterocycles. The molecule has 8 unspecified atom stereocenters. The van der Waals surface area contributed by atoms with Crippen LogP contribution in [0.3, 0.4) is 0 Å². The van der Waals surface area contributed by atoms with E-state index in [1.54, 1.807) is 0 Å². The molecule has 53 heteroatoms. The minimum absolute atomic E-state index is 0.107. The fourth-order valence-electron chi connectivity index (χ4n) is 11.4. The lowest BCUT2D eigenvalue weighted by Crippen LogP contribution is -2.88. The Kier molecular flexibility index (Phi) is 40.8. The van der Waals surface area contributed by atoms with Crippen molar-refractivity contribution >= 4 is 191 Å². The van der Waals surface area contributed by atoms with Crippen LogP contribution in [-0.2, 0) is 132 Å². The highest BCUT2D eigenvalue weighted by Gasteiger charge is 2.88. The summed E-state index contributed by atoms with van der Waals surface area (Å²) in [6.45, 7) is 51.1. The van der Waals surface area contributed by atoms with Gasteiger partial charge in [-0.15, -0.1) is 23.2 Å². The highest BCUT2D eigenvalue weighted by molar-refractivity contribution is 7.01. The molecule has 1 N–H and O–H groups in total. The standard InChI is InChI=1S/C50H130Cl2O32Si19/c1-27-55-93(56-28-2,57-29-3)47-43-89(19,20)71-99-69-86(67-85-14)68-98(54-13)78-100(72-88(17,18)42-40-52)76-97(53,70-87(15,16)41-39-51)77-101(80-99,73-90(21,22)44-48-94(58-30-4,59-31-5)60-32-6)83-103(82-100,75-92(25,26)46-50-96(64-36-10,65-37-11)66-38-12)84-102(79-98,81-99)74-91(23,24)45-49-95(61-33-7,62-34-8)63-35-9/h53,86H,27-50,85H2,1-26H3. The predicted octanol–water partition coefficient (Wildman–Crippen LogP) is 9.78. The first-order valence-electron chi connectivity index (χ1n) is 36.5. The molecule has 612 valence electrons. The van der Waals surface area contributed by atoms with Crippen molar-refractivity contribution in [2.45, 2.75) is 229 Å². The summed E-state index contributed by atoms with van der Waals surface area (Å²) in [6.07, 6.45) is 0. The van der Waals surface area contributed by atoms with Crippen LogP contribution in [0.25, 0.3) is 0 Å². The van der Waals surface area contributed by atoms with E-state index in [2.05, 4.69) is 0 Å². The average Bonchev–Trinajstić information content (AvgIpc) is 0.695. The molecule has 32 nitrogen and oxygen atoms in total. The van der Waals surface area contributed by atoms with Crippen molar-refractivity contribution < 1.29 is 136 Å². The number of rotatable bonds is 55. The summed E-state index contributed by atoms with van der Waals surface area (Å²) in [4.78, 5) is 14.3. The van der Waals surface area contributed by atoms with Crippen LogP contribution in [0.2, 0.25) is 146 Å². The Balaban J connectivity index is 2.49. The van der Waals surface area contributed by atoms with Gasteiger partial charge in [-0.3, -0.25) is 0 Å². The van der Waals surface area contributed by atoms with Gasteiger partial charge < -0.3 is 136 Å². The lowest BCUT2D eigenvalue weighted by atomic mass is 10.9. The zero-order chi connectivity index (χ0) is 77.7. The zero-order valence-electron chi connectivity index (χ0n) is 66.6. The Hall–Kier alpha value is 3.42. The van der Waals surface area contributed by atoms with E-state index in [9.17, 15) is 4.80 Å². The van der Waals surface area contributed by atoms with Crippen LogP contribution < -0.4 is 0 Å². The van der Waals surface area contributed by atoms with E-state index < -0.39 is 168 Å². The fraction of sp³-hybridized carbons (Fsp3) is 1.00. The summed E-state index contributed by atoms with van der Waals surface area (Å²) in [5.41, 5.74) is 0. The molecule has 0 saturated carbocycles. The lowest BCUT2D eigenvalue weighted by molar-refractivity contribution is -0.105. The van der Waals surface area contributed by atoms with E-state index in [1.165, 1.54) is 7.11 Å². The van der Waals surface area contributed by atoms with Gasteiger partial charge in [0.05, 0.1) is 0 Å². The van der Waals surface area contributed by atoms with Crippen LogP contribution in [0.15, 0.2) is 0 Å². The van der Waals surface area contributed by atoms with E-state index in [0.717, 1.165) is 0 Å². The Morgan fingerprint density at radius 2 is 0.505 bits per heavy atom. The third kappa shape index (κ3) is 30.1. The molecule has 4 heterocycles. The van der Waals surface area contributed by atoms with Gasteiger partial charge in [0.1, 0.15) is 9.76 Å². The van der Waals surface area contributed by atoms with Crippen LogP contribution >= 0.6 is 23.2 Å². The summed E-state index contributed by atoms with van der Waals surface area (Å²) in [6, 6.07) is 2.54. The molecule has 4 fully saturated rings. The smallest absolute Gasteiger partial charge is 0.425 e. The molecular formula is C50H130Cl2O32Si19. The molecule has 4 aliphatic rings. The minimum atomic E-state index is -5.88. The SMILES string of the molecule is CCO[Si](CC[Si](C)(C)O[Si]12O[SiH](O[SiH2]C)O[Si]3(OC)O[Si]4(O[Si](C)(C)CCCl)O[Si](O)(O[Si](C)(C)CCCl)O[Si](O[Si](C)(C)CC[Si](OCC)(OCC)OCC)(O1)O[Si](O[Si](C)(C)CC[Si](OCC)(OCC)OCC)(O4)O[Si](O[Si](C)(C)CC[Si](OCC)(OCC)OCC)(O3)O2)(OCC)OCC. The van der Waals surface area contributed by atoms with Gasteiger partial charge >= 0.3 is 108 Å². The molecule has 0 spiro atoms. The Bertz CT molecular complexity index is 2420. The molecule has 4 aliphatic heterocycles. The van der Waals surface area contributed by atoms with Crippen molar-refractivity contribution in [1.82, 2.24) is 0 Å². The number of alkyl halides is 2. The van der Waals surface area contributed by atoms with Crippen LogP contribution in [0, 0.1) is 0 Å². The third-order valence-electron chi connectivity index (χ3n) is 15.6. The van der Waals surface area contributed by atoms with Crippen molar-refractivity contribution in [2.24, 2.45) is 0 Å². The highest BCUT2D eigenvalue weighted by atomic mass is 35.5. The monoisotopic (exact) mass is 1840 g/mol. The van der Waals surface area contributed by atoms with Crippen molar-refractivity contribution in [3.63, 3.8) is 0 Å². The molecule has 8 atom stereocenters. The second kappa shape index (κ2) is 42.5. The molecule has 103 heavy (non-hydrogen) atoms. The van der Waals surface area contributed by atoms with Gasteiger partial charge in [-0.2, -0.15) is 0 Å². The van der Waals surface area contributed by atoms with Gasteiger partial charge in [-0.25, -0.2) is 0 Å². The maximum absolute atomic E-state index is 14.3. The van der Waals surface area contributed by atoms with Crippen molar-refractivity contribution in [2.75, 3.05) is 98.2 Å². The van der Waals surface area contributed by atoms with E-state index in [-0.39, 0.29) is 92.0 Å². The molecule has 0 amide bonds.